The highest BCUT2D eigenvalue weighted by atomic mass is 19.1. The Kier molecular flexibility index (Phi) is 7.22. The molecule has 0 aromatic heterocycles. The zero-order valence-electron chi connectivity index (χ0n) is 16.4. The van der Waals surface area contributed by atoms with Crippen molar-refractivity contribution in [1.82, 2.24) is 5.32 Å². The van der Waals surface area contributed by atoms with E-state index in [1.807, 2.05) is 19.1 Å². The molecule has 2 aromatic rings. The van der Waals surface area contributed by atoms with Crippen molar-refractivity contribution >= 4 is 5.91 Å². The van der Waals surface area contributed by atoms with Gasteiger partial charge in [0.1, 0.15) is 23.9 Å². The average Bonchev–Trinajstić information content (AvgIpc) is 2.64. The van der Waals surface area contributed by atoms with Crippen LogP contribution in [0, 0.1) is 5.82 Å². The van der Waals surface area contributed by atoms with Crippen molar-refractivity contribution in [2.45, 2.75) is 45.6 Å². The molecule has 0 saturated carbocycles. The van der Waals surface area contributed by atoms with Crippen molar-refractivity contribution in [2.24, 2.45) is 0 Å². The summed E-state index contributed by atoms with van der Waals surface area (Å²) in [5, 5.41) is 2.81. The minimum Gasteiger partial charge on any atom is -0.492 e. The highest BCUT2D eigenvalue weighted by Crippen LogP contribution is 2.24. The van der Waals surface area contributed by atoms with E-state index in [4.69, 9.17) is 9.47 Å². The molecule has 2 aromatic carbocycles. The summed E-state index contributed by atoms with van der Waals surface area (Å²) in [5.41, 5.74) is 1.35. The Morgan fingerprint density at radius 3 is 2.19 bits per heavy atom. The minimum absolute atomic E-state index is 0.103. The lowest BCUT2D eigenvalue weighted by Crippen LogP contribution is -2.39. The molecule has 0 heterocycles. The van der Waals surface area contributed by atoms with E-state index in [0.29, 0.717) is 25.3 Å². The van der Waals surface area contributed by atoms with Crippen LogP contribution in [0.1, 0.15) is 39.7 Å². The van der Waals surface area contributed by atoms with Gasteiger partial charge in [-0.05, 0) is 53.8 Å². The normalized spacial score (nSPS) is 12.3. The van der Waals surface area contributed by atoms with Crippen molar-refractivity contribution in [1.29, 1.82) is 0 Å². The largest absolute Gasteiger partial charge is 0.492 e. The summed E-state index contributed by atoms with van der Waals surface area (Å²) in [4.78, 5) is 12.2. The Morgan fingerprint density at radius 1 is 1.04 bits per heavy atom. The first kappa shape index (κ1) is 20.7. The van der Waals surface area contributed by atoms with Gasteiger partial charge >= 0.3 is 0 Å². The molecule has 5 heteroatoms. The van der Waals surface area contributed by atoms with E-state index in [0.717, 1.165) is 5.75 Å². The maximum absolute atomic E-state index is 12.9. The second kappa shape index (κ2) is 9.40. The number of halogens is 1. The van der Waals surface area contributed by atoms with Crippen molar-refractivity contribution in [3.63, 3.8) is 0 Å². The molecule has 4 nitrogen and oxygen atoms in total. The first-order valence-corrected chi connectivity index (χ1v) is 9.23. The summed E-state index contributed by atoms with van der Waals surface area (Å²) in [6.07, 6.45) is -0.111. The van der Waals surface area contributed by atoms with Crippen molar-refractivity contribution < 1.29 is 18.7 Å². The maximum Gasteiger partial charge on any atom is 0.261 e. The van der Waals surface area contributed by atoms with Crippen molar-refractivity contribution in [3.05, 3.63) is 59.9 Å². The third-order valence-corrected chi connectivity index (χ3v) is 4.15. The van der Waals surface area contributed by atoms with Crippen LogP contribution in [0.25, 0.3) is 0 Å². The summed E-state index contributed by atoms with van der Waals surface area (Å²) in [6, 6.07) is 13.6. The van der Waals surface area contributed by atoms with E-state index in [-0.39, 0.29) is 17.1 Å². The summed E-state index contributed by atoms with van der Waals surface area (Å²) < 4.78 is 24.2. The molecule has 0 saturated heterocycles. The van der Waals surface area contributed by atoms with Gasteiger partial charge in [0.2, 0.25) is 0 Å². The van der Waals surface area contributed by atoms with Crippen LogP contribution < -0.4 is 14.8 Å². The Morgan fingerprint density at radius 2 is 1.63 bits per heavy atom. The monoisotopic (exact) mass is 373 g/mol. The molecule has 1 N–H and O–H groups in total. The summed E-state index contributed by atoms with van der Waals surface area (Å²) >= 11 is 0. The van der Waals surface area contributed by atoms with Crippen LogP contribution in [0.5, 0.6) is 11.5 Å². The molecule has 146 valence electrons. The fourth-order valence-electron chi connectivity index (χ4n) is 2.51. The third kappa shape index (κ3) is 6.59. The minimum atomic E-state index is -0.624. The molecule has 2 rings (SSSR count). The maximum atomic E-state index is 12.9. The first-order valence-electron chi connectivity index (χ1n) is 9.23. The molecule has 0 bridgehead atoms. The Balaban J connectivity index is 1.76. The number of ether oxygens (including phenoxy) is 2. The fourth-order valence-corrected chi connectivity index (χ4v) is 2.51. The number of hydrogen-bond acceptors (Lipinski definition) is 3. The average molecular weight is 373 g/mol. The lowest BCUT2D eigenvalue weighted by atomic mass is 9.87. The van der Waals surface area contributed by atoms with Crippen molar-refractivity contribution in [2.75, 3.05) is 13.2 Å². The van der Waals surface area contributed by atoms with Crippen LogP contribution in [0.3, 0.4) is 0 Å². The van der Waals surface area contributed by atoms with Gasteiger partial charge < -0.3 is 14.8 Å². The van der Waals surface area contributed by atoms with Gasteiger partial charge in [-0.1, -0.05) is 39.8 Å². The quantitative estimate of drug-likeness (QED) is 0.694. The zero-order chi connectivity index (χ0) is 19.9. The molecule has 1 amide bonds. The lowest BCUT2D eigenvalue weighted by molar-refractivity contribution is -0.128. The third-order valence-electron chi connectivity index (χ3n) is 4.15. The van der Waals surface area contributed by atoms with Crippen molar-refractivity contribution in [3.8, 4) is 11.5 Å². The second-order valence-corrected chi connectivity index (χ2v) is 7.38. The SMILES string of the molecule is CCC(Oc1ccc(F)cc1)C(=O)NCCOc1ccc(C(C)(C)C)cc1. The van der Waals surface area contributed by atoms with Crippen LogP contribution in [-0.2, 0) is 10.2 Å². The van der Waals surface area contributed by atoms with Crippen LogP contribution in [0.4, 0.5) is 4.39 Å². The molecule has 27 heavy (non-hydrogen) atoms. The van der Waals surface area contributed by atoms with E-state index in [1.54, 1.807) is 0 Å². The number of nitrogens with one attached hydrogen (secondary N) is 1. The summed E-state index contributed by atoms with van der Waals surface area (Å²) in [6.45, 7) is 9.10. The number of carbonyl (C=O) groups is 1. The van der Waals surface area contributed by atoms with Crippen LogP contribution >= 0.6 is 0 Å². The van der Waals surface area contributed by atoms with Gasteiger partial charge in [0.05, 0.1) is 6.54 Å². The smallest absolute Gasteiger partial charge is 0.261 e. The van der Waals surface area contributed by atoms with E-state index in [2.05, 4.69) is 38.2 Å². The summed E-state index contributed by atoms with van der Waals surface area (Å²) in [7, 11) is 0. The highest BCUT2D eigenvalue weighted by molar-refractivity contribution is 5.81. The second-order valence-electron chi connectivity index (χ2n) is 7.38. The van der Waals surface area contributed by atoms with Gasteiger partial charge in [-0.2, -0.15) is 0 Å². The van der Waals surface area contributed by atoms with E-state index in [1.165, 1.54) is 29.8 Å². The molecule has 0 aliphatic heterocycles. The molecule has 0 aliphatic rings. The van der Waals surface area contributed by atoms with Crippen LogP contribution in [-0.4, -0.2) is 25.2 Å². The standard InChI is InChI=1S/C22H28FNO3/c1-5-20(27-19-12-8-17(23)9-13-19)21(25)24-14-15-26-18-10-6-16(7-11-18)22(2,3)4/h6-13,20H,5,14-15H2,1-4H3,(H,24,25). The Labute approximate surface area is 160 Å². The number of hydrogen-bond donors (Lipinski definition) is 1. The van der Waals surface area contributed by atoms with E-state index < -0.39 is 6.10 Å². The Hall–Kier alpha value is -2.56. The molecular formula is C22H28FNO3. The molecular weight excluding hydrogens is 345 g/mol. The molecule has 1 unspecified atom stereocenters. The molecule has 0 radical (unpaired) electrons. The van der Waals surface area contributed by atoms with Crippen LogP contribution in [0.2, 0.25) is 0 Å². The Bertz CT molecular complexity index is 721. The topological polar surface area (TPSA) is 47.6 Å². The predicted molar refractivity (Wildman–Crippen MR) is 105 cm³/mol. The first-order chi connectivity index (χ1) is 12.8. The molecule has 0 aliphatic carbocycles. The summed E-state index contributed by atoms with van der Waals surface area (Å²) in [5.74, 6) is 0.682. The van der Waals surface area contributed by atoms with Gasteiger partial charge in [-0.3, -0.25) is 4.79 Å². The van der Waals surface area contributed by atoms with Gasteiger partial charge in [-0.25, -0.2) is 4.39 Å². The van der Waals surface area contributed by atoms with Crippen LogP contribution in [0.15, 0.2) is 48.5 Å². The zero-order valence-corrected chi connectivity index (χ0v) is 16.4. The van der Waals surface area contributed by atoms with Gasteiger partial charge in [0, 0.05) is 0 Å². The predicted octanol–water partition coefficient (Wildman–Crippen LogP) is 4.48. The van der Waals surface area contributed by atoms with Gasteiger partial charge in [0.25, 0.3) is 5.91 Å². The van der Waals surface area contributed by atoms with Gasteiger partial charge in [0.15, 0.2) is 6.10 Å². The lowest BCUT2D eigenvalue weighted by Gasteiger charge is -2.19. The fraction of sp³-hybridized carbons (Fsp3) is 0.409. The number of amides is 1. The highest BCUT2D eigenvalue weighted by Gasteiger charge is 2.18. The van der Waals surface area contributed by atoms with E-state index >= 15 is 0 Å². The number of rotatable bonds is 8. The van der Waals surface area contributed by atoms with E-state index in [9.17, 15) is 9.18 Å². The number of benzene rings is 2. The van der Waals surface area contributed by atoms with Gasteiger partial charge in [-0.15, -0.1) is 0 Å². The molecule has 1 atom stereocenters. The molecule has 0 spiro atoms. The number of carbonyl (C=O) groups excluding carboxylic acids is 1. The molecule has 0 fully saturated rings.